The van der Waals surface area contributed by atoms with Crippen LogP contribution in [0.1, 0.15) is 5.56 Å². The number of fused-ring (bicyclic) bond motifs is 1. The lowest BCUT2D eigenvalue weighted by atomic mass is 10.1. The van der Waals surface area contributed by atoms with E-state index < -0.39 is 0 Å². The Hall–Kier alpha value is -1.50. The summed E-state index contributed by atoms with van der Waals surface area (Å²) in [7, 11) is 0. The second-order valence-corrected chi connectivity index (χ2v) is 5.12. The molecule has 2 heterocycles. The molecular formula is C13H16ClN3O3. The summed E-state index contributed by atoms with van der Waals surface area (Å²) in [6.45, 7) is 2.65. The van der Waals surface area contributed by atoms with Crippen LogP contribution in [0.2, 0.25) is 5.02 Å². The number of rotatable bonds is 4. The van der Waals surface area contributed by atoms with Gasteiger partial charge in [0.25, 0.3) is 0 Å². The van der Waals surface area contributed by atoms with Gasteiger partial charge in [-0.1, -0.05) is 16.8 Å². The smallest absolute Gasteiger partial charge is 0.231 e. The first-order valence-electron chi connectivity index (χ1n) is 6.45. The van der Waals surface area contributed by atoms with Crippen LogP contribution in [0.25, 0.3) is 0 Å². The van der Waals surface area contributed by atoms with Crippen molar-refractivity contribution in [2.45, 2.75) is 6.61 Å². The Morgan fingerprint density at radius 3 is 3.00 bits per heavy atom. The van der Waals surface area contributed by atoms with E-state index >= 15 is 0 Å². The lowest BCUT2D eigenvalue weighted by Gasteiger charge is -2.08. The number of hydrogen-bond acceptors (Lipinski definition) is 6. The van der Waals surface area contributed by atoms with Gasteiger partial charge < -0.3 is 25.4 Å². The highest BCUT2D eigenvalue weighted by atomic mass is 35.5. The van der Waals surface area contributed by atoms with Crippen molar-refractivity contribution in [3.63, 3.8) is 0 Å². The van der Waals surface area contributed by atoms with Gasteiger partial charge in [-0.25, -0.2) is 0 Å². The van der Waals surface area contributed by atoms with Crippen LogP contribution in [0, 0.1) is 5.92 Å². The van der Waals surface area contributed by atoms with Gasteiger partial charge in [-0.3, -0.25) is 0 Å². The van der Waals surface area contributed by atoms with Crippen molar-refractivity contribution in [1.29, 1.82) is 0 Å². The predicted octanol–water partition coefficient (Wildman–Crippen LogP) is 1.12. The average molecular weight is 298 g/mol. The summed E-state index contributed by atoms with van der Waals surface area (Å²) in [5, 5.41) is 7.94. The molecule has 2 aliphatic heterocycles. The molecule has 0 saturated carbocycles. The molecule has 0 aromatic heterocycles. The highest BCUT2D eigenvalue weighted by Crippen LogP contribution is 2.37. The summed E-state index contributed by atoms with van der Waals surface area (Å²) in [5.41, 5.74) is 7.43. The van der Waals surface area contributed by atoms with Crippen molar-refractivity contribution >= 4 is 17.3 Å². The molecule has 3 rings (SSSR count). The minimum absolute atomic E-state index is 0.224. The first kappa shape index (κ1) is 13.5. The maximum atomic E-state index is 6.16. The Labute approximate surface area is 121 Å². The number of halogens is 1. The van der Waals surface area contributed by atoms with Gasteiger partial charge in [0.1, 0.15) is 6.61 Å². The largest absolute Gasteiger partial charge is 0.454 e. The Kier molecular flexibility index (Phi) is 3.95. The number of hydrogen-bond donors (Lipinski definition) is 2. The Morgan fingerprint density at radius 1 is 1.40 bits per heavy atom. The van der Waals surface area contributed by atoms with Gasteiger partial charge in [0.05, 0.1) is 10.7 Å². The third-order valence-corrected chi connectivity index (χ3v) is 3.75. The van der Waals surface area contributed by atoms with Crippen molar-refractivity contribution in [3.8, 4) is 11.5 Å². The van der Waals surface area contributed by atoms with Crippen molar-refractivity contribution in [2.75, 3.05) is 26.4 Å². The van der Waals surface area contributed by atoms with Crippen LogP contribution >= 0.6 is 11.6 Å². The molecule has 0 amide bonds. The van der Waals surface area contributed by atoms with Crippen LogP contribution < -0.4 is 20.5 Å². The molecule has 7 heteroatoms. The van der Waals surface area contributed by atoms with Gasteiger partial charge in [-0.05, 0) is 6.07 Å². The first-order chi connectivity index (χ1) is 9.78. The summed E-state index contributed by atoms with van der Waals surface area (Å²) in [5.74, 6) is 1.60. The zero-order chi connectivity index (χ0) is 13.9. The fraction of sp³-hybridized carbons (Fsp3) is 0.462. The second kappa shape index (κ2) is 5.87. The maximum Gasteiger partial charge on any atom is 0.231 e. The molecule has 20 heavy (non-hydrogen) atoms. The normalized spacial score (nSPS) is 22.5. The fourth-order valence-corrected chi connectivity index (χ4v) is 2.43. The van der Waals surface area contributed by atoms with Crippen LogP contribution in [-0.4, -0.2) is 32.1 Å². The van der Waals surface area contributed by atoms with Gasteiger partial charge in [0, 0.05) is 37.2 Å². The number of benzene rings is 1. The van der Waals surface area contributed by atoms with Gasteiger partial charge >= 0.3 is 0 Å². The molecular weight excluding hydrogens is 282 g/mol. The molecule has 1 atom stereocenters. The lowest BCUT2D eigenvalue weighted by Crippen LogP contribution is -2.22. The van der Waals surface area contributed by atoms with E-state index in [0.29, 0.717) is 23.1 Å². The molecule has 0 radical (unpaired) electrons. The average Bonchev–Trinajstić information content (AvgIpc) is 3.07. The standard InChI is InChI=1S/C13H16ClN3O3/c14-10-2-13-12(18-7-19-13)1-8(10)6-20-17-11-5-16-4-9(11)3-15/h1-2,9,16H,3-7,15H2/b17-11+. The monoisotopic (exact) mass is 297 g/mol. The lowest BCUT2D eigenvalue weighted by molar-refractivity contribution is 0.129. The molecule has 0 aliphatic carbocycles. The molecule has 0 spiro atoms. The highest BCUT2D eigenvalue weighted by molar-refractivity contribution is 6.31. The van der Waals surface area contributed by atoms with E-state index in [2.05, 4.69) is 10.5 Å². The van der Waals surface area contributed by atoms with E-state index in [-0.39, 0.29) is 19.3 Å². The molecule has 108 valence electrons. The fourth-order valence-electron chi connectivity index (χ4n) is 2.22. The van der Waals surface area contributed by atoms with Crippen LogP contribution in [0.4, 0.5) is 0 Å². The quantitative estimate of drug-likeness (QED) is 0.814. The van der Waals surface area contributed by atoms with Gasteiger partial charge in [-0.2, -0.15) is 0 Å². The first-order valence-corrected chi connectivity index (χ1v) is 6.83. The molecule has 1 saturated heterocycles. The van der Waals surface area contributed by atoms with Gasteiger partial charge in [-0.15, -0.1) is 0 Å². The number of oxime groups is 1. The molecule has 0 bridgehead atoms. The third kappa shape index (κ3) is 2.67. The van der Waals surface area contributed by atoms with E-state index in [0.717, 1.165) is 24.4 Å². The van der Waals surface area contributed by atoms with Crippen molar-refractivity contribution in [1.82, 2.24) is 5.32 Å². The van der Waals surface area contributed by atoms with Crippen LogP contribution in [-0.2, 0) is 11.4 Å². The van der Waals surface area contributed by atoms with Crippen LogP contribution in [0.5, 0.6) is 11.5 Å². The Balaban J connectivity index is 1.65. The SMILES string of the molecule is NCC1CNC/C1=N\OCc1cc2c(cc1Cl)OCO2. The minimum atomic E-state index is 0.224. The second-order valence-electron chi connectivity index (χ2n) is 4.72. The van der Waals surface area contributed by atoms with E-state index in [1.807, 2.05) is 6.07 Å². The zero-order valence-corrected chi connectivity index (χ0v) is 11.7. The summed E-state index contributed by atoms with van der Waals surface area (Å²) < 4.78 is 10.6. The molecule has 1 aromatic carbocycles. The molecule has 6 nitrogen and oxygen atoms in total. The molecule has 3 N–H and O–H groups in total. The number of nitrogens with one attached hydrogen (secondary N) is 1. The van der Waals surface area contributed by atoms with Crippen molar-refractivity contribution in [2.24, 2.45) is 16.8 Å². The van der Waals surface area contributed by atoms with Crippen molar-refractivity contribution in [3.05, 3.63) is 22.7 Å². The summed E-state index contributed by atoms with van der Waals surface area (Å²) in [4.78, 5) is 5.39. The predicted molar refractivity (Wildman–Crippen MR) is 75.2 cm³/mol. The number of ether oxygens (including phenoxy) is 2. The Bertz CT molecular complexity index is 536. The topological polar surface area (TPSA) is 78.1 Å². The van der Waals surface area contributed by atoms with E-state index in [1.165, 1.54) is 0 Å². The Morgan fingerprint density at radius 2 is 2.20 bits per heavy atom. The minimum Gasteiger partial charge on any atom is -0.454 e. The van der Waals surface area contributed by atoms with Crippen LogP contribution in [0.3, 0.4) is 0 Å². The van der Waals surface area contributed by atoms with Crippen LogP contribution in [0.15, 0.2) is 17.3 Å². The zero-order valence-electron chi connectivity index (χ0n) is 10.9. The molecule has 1 fully saturated rings. The van der Waals surface area contributed by atoms with Gasteiger partial charge in [0.2, 0.25) is 6.79 Å². The molecule has 1 aromatic rings. The molecule has 2 aliphatic rings. The number of nitrogens with two attached hydrogens (primary N) is 1. The third-order valence-electron chi connectivity index (χ3n) is 3.40. The summed E-state index contributed by atoms with van der Waals surface area (Å²) in [6.07, 6.45) is 0. The van der Waals surface area contributed by atoms with E-state index in [1.54, 1.807) is 6.07 Å². The number of nitrogens with zero attached hydrogens (tertiary/aromatic N) is 1. The van der Waals surface area contributed by atoms with E-state index in [9.17, 15) is 0 Å². The maximum absolute atomic E-state index is 6.16. The van der Waals surface area contributed by atoms with Crippen molar-refractivity contribution < 1.29 is 14.3 Å². The summed E-state index contributed by atoms with van der Waals surface area (Å²) >= 11 is 6.16. The van der Waals surface area contributed by atoms with E-state index in [4.69, 9.17) is 31.6 Å². The molecule has 1 unspecified atom stereocenters. The van der Waals surface area contributed by atoms with Gasteiger partial charge in [0.15, 0.2) is 11.5 Å². The highest BCUT2D eigenvalue weighted by Gasteiger charge is 2.21. The summed E-state index contributed by atoms with van der Waals surface area (Å²) in [6, 6.07) is 3.55.